The molecule has 0 unspecified atom stereocenters. The van der Waals surface area contributed by atoms with Crippen LogP contribution in [0.3, 0.4) is 0 Å². The molecule has 0 saturated heterocycles. The van der Waals surface area contributed by atoms with Gasteiger partial charge in [0.2, 0.25) is 0 Å². The molecule has 2 rings (SSSR count). The minimum Gasteiger partial charge on any atom is -0.282 e. The summed E-state index contributed by atoms with van der Waals surface area (Å²) >= 11 is 0. The quantitative estimate of drug-likeness (QED) is 0.383. The standard InChI is InChI=1S/C10H7N3O3S/c11-13-12-9-6-5-7-3-1-2-4-8(7)10(9)17(14,15)16/h1-6H,(H,14,15,16). The number of fused-ring (bicyclic) bond motifs is 1. The van der Waals surface area contributed by atoms with Crippen LogP contribution in [-0.2, 0) is 10.1 Å². The topological polar surface area (TPSA) is 103 Å². The summed E-state index contributed by atoms with van der Waals surface area (Å²) < 4.78 is 31.8. The molecule has 1 N–H and O–H groups in total. The van der Waals surface area contributed by atoms with E-state index in [-0.39, 0.29) is 10.6 Å². The first-order chi connectivity index (χ1) is 8.04. The Balaban J connectivity index is 3.00. The van der Waals surface area contributed by atoms with Crippen LogP contribution in [0.2, 0.25) is 0 Å². The molecule has 0 amide bonds. The van der Waals surface area contributed by atoms with Crippen LogP contribution in [0.1, 0.15) is 0 Å². The number of rotatable bonds is 2. The third-order valence-corrected chi connectivity index (χ3v) is 3.21. The highest BCUT2D eigenvalue weighted by Gasteiger charge is 2.18. The van der Waals surface area contributed by atoms with Crippen LogP contribution >= 0.6 is 0 Å². The Labute approximate surface area is 96.9 Å². The fraction of sp³-hybridized carbons (Fsp3) is 0. The fourth-order valence-corrected chi connectivity index (χ4v) is 2.47. The lowest BCUT2D eigenvalue weighted by Gasteiger charge is -2.06. The van der Waals surface area contributed by atoms with Gasteiger partial charge in [0.25, 0.3) is 10.1 Å². The van der Waals surface area contributed by atoms with E-state index in [2.05, 4.69) is 10.0 Å². The van der Waals surface area contributed by atoms with Crippen LogP contribution in [0.25, 0.3) is 21.2 Å². The molecule has 0 heterocycles. The molecule has 0 aliphatic carbocycles. The average molecular weight is 249 g/mol. The lowest BCUT2D eigenvalue weighted by atomic mass is 10.1. The Hall–Kier alpha value is -2.08. The molecule has 17 heavy (non-hydrogen) atoms. The summed E-state index contributed by atoms with van der Waals surface area (Å²) in [6, 6.07) is 9.58. The van der Waals surface area contributed by atoms with Crippen molar-refractivity contribution in [3.8, 4) is 0 Å². The van der Waals surface area contributed by atoms with Crippen LogP contribution in [0.4, 0.5) is 5.69 Å². The van der Waals surface area contributed by atoms with Gasteiger partial charge in [-0.15, -0.1) is 0 Å². The van der Waals surface area contributed by atoms with Crippen LogP contribution in [0, 0.1) is 0 Å². The van der Waals surface area contributed by atoms with Crippen molar-refractivity contribution < 1.29 is 13.0 Å². The van der Waals surface area contributed by atoms with Crippen molar-refractivity contribution in [3.05, 3.63) is 46.8 Å². The molecule has 2 aromatic carbocycles. The summed E-state index contributed by atoms with van der Waals surface area (Å²) in [5, 5.41) is 4.22. The second-order valence-corrected chi connectivity index (χ2v) is 4.66. The highest BCUT2D eigenvalue weighted by molar-refractivity contribution is 7.86. The molecule has 86 valence electrons. The highest BCUT2D eigenvalue weighted by Crippen LogP contribution is 2.32. The molecule has 0 radical (unpaired) electrons. The van der Waals surface area contributed by atoms with Crippen molar-refractivity contribution >= 4 is 26.6 Å². The van der Waals surface area contributed by atoms with Gasteiger partial charge in [0, 0.05) is 10.3 Å². The van der Waals surface area contributed by atoms with Crippen LogP contribution in [-0.4, -0.2) is 13.0 Å². The lowest BCUT2D eigenvalue weighted by Crippen LogP contribution is -1.99. The van der Waals surface area contributed by atoms with E-state index in [4.69, 9.17) is 5.53 Å². The largest absolute Gasteiger partial charge is 0.295 e. The van der Waals surface area contributed by atoms with Crippen molar-refractivity contribution in [2.75, 3.05) is 0 Å². The molecule has 0 aliphatic rings. The molecule has 0 aliphatic heterocycles. The third-order valence-electron chi connectivity index (χ3n) is 2.27. The molecule has 0 saturated carbocycles. The maximum Gasteiger partial charge on any atom is 0.295 e. The molecular formula is C10H7N3O3S. The molecular weight excluding hydrogens is 242 g/mol. The SMILES string of the molecule is [N-]=[N+]=Nc1ccc2ccccc2c1S(=O)(=O)O. The Morgan fingerprint density at radius 1 is 1.18 bits per heavy atom. The number of benzene rings is 2. The zero-order chi connectivity index (χ0) is 12.5. The van der Waals surface area contributed by atoms with Crippen molar-refractivity contribution in [2.45, 2.75) is 4.90 Å². The molecule has 0 bridgehead atoms. The number of hydrogen-bond donors (Lipinski definition) is 1. The first-order valence-electron chi connectivity index (χ1n) is 4.58. The normalized spacial score (nSPS) is 11.1. The second-order valence-electron chi connectivity index (χ2n) is 3.30. The molecule has 7 heteroatoms. The van der Waals surface area contributed by atoms with Crippen LogP contribution in [0.5, 0.6) is 0 Å². The molecule has 6 nitrogen and oxygen atoms in total. The zero-order valence-electron chi connectivity index (χ0n) is 8.48. The van der Waals surface area contributed by atoms with Gasteiger partial charge in [0.1, 0.15) is 4.90 Å². The van der Waals surface area contributed by atoms with E-state index in [1.54, 1.807) is 24.3 Å². The van der Waals surface area contributed by atoms with Gasteiger partial charge in [-0.3, -0.25) is 4.55 Å². The van der Waals surface area contributed by atoms with E-state index < -0.39 is 10.1 Å². The summed E-state index contributed by atoms with van der Waals surface area (Å²) in [4.78, 5) is 2.17. The lowest BCUT2D eigenvalue weighted by molar-refractivity contribution is 0.484. The van der Waals surface area contributed by atoms with Crippen molar-refractivity contribution in [1.82, 2.24) is 0 Å². The summed E-state index contributed by atoms with van der Waals surface area (Å²) in [6.07, 6.45) is 0. The Bertz CT molecular complexity index is 734. The van der Waals surface area contributed by atoms with E-state index >= 15 is 0 Å². The summed E-state index contributed by atoms with van der Waals surface area (Å²) in [7, 11) is -4.45. The fourth-order valence-electron chi connectivity index (χ4n) is 1.63. The molecule has 0 spiro atoms. The second kappa shape index (κ2) is 4.06. The van der Waals surface area contributed by atoms with Gasteiger partial charge in [-0.2, -0.15) is 8.42 Å². The number of hydrogen-bond acceptors (Lipinski definition) is 3. The maximum atomic E-state index is 11.3. The Kier molecular flexibility index (Phi) is 2.72. The average Bonchev–Trinajstić information content (AvgIpc) is 2.27. The number of nitrogens with zero attached hydrogens (tertiary/aromatic N) is 3. The number of azide groups is 1. The van der Waals surface area contributed by atoms with Crippen LogP contribution < -0.4 is 0 Å². The minimum atomic E-state index is -4.45. The first-order valence-corrected chi connectivity index (χ1v) is 6.02. The van der Waals surface area contributed by atoms with Gasteiger partial charge in [-0.1, -0.05) is 41.5 Å². The van der Waals surface area contributed by atoms with E-state index in [0.717, 1.165) is 0 Å². The summed E-state index contributed by atoms with van der Waals surface area (Å²) in [5.74, 6) is 0. The summed E-state index contributed by atoms with van der Waals surface area (Å²) in [5.41, 5.74) is 8.25. The van der Waals surface area contributed by atoms with Gasteiger partial charge in [-0.25, -0.2) is 0 Å². The monoisotopic (exact) mass is 249 g/mol. The van der Waals surface area contributed by atoms with E-state index in [1.165, 1.54) is 12.1 Å². The van der Waals surface area contributed by atoms with E-state index in [0.29, 0.717) is 10.8 Å². The van der Waals surface area contributed by atoms with Gasteiger partial charge >= 0.3 is 0 Å². The predicted octanol–water partition coefficient (Wildman–Crippen LogP) is 3.03. The van der Waals surface area contributed by atoms with Gasteiger partial charge < -0.3 is 0 Å². The molecule has 2 aromatic rings. The van der Waals surface area contributed by atoms with E-state index in [1.807, 2.05) is 0 Å². The Morgan fingerprint density at radius 2 is 1.88 bits per heavy atom. The maximum absolute atomic E-state index is 11.3. The first kappa shape index (κ1) is 11.4. The van der Waals surface area contributed by atoms with Crippen molar-refractivity contribution in [2.24, 2.45) is 5.11 Å². The van der Waals surface area contributed by atoms with Gasteiger partial charge in [0.15, 0.2) is 0 Å². The minimum absolute atomic E-state index is 0.117. The van der Waals surface area contributed by atoms with Crippen molar-refractivity contribution in [3.63, 3.8) is 0 Å². The van der Waals surface area contributed by atoms with Crippen molar-refractivity contribution in [1.29, 1.82) is 0 Å². The highest BCUT2D eigenvalue weighted by atomic mass is 32.2. The van der Waals surface area contributed by atoms with Gasteiger partial charge in [0.05, 0.1) is 5.69 Å². The molecule has 0 fully saturated rings. The zero-order valence-corrected chi connectivity index (χ0v) is 9.29. The Morgan fingerprint density at radius 3 is 2.53 bits per heavy atom. The third kappa shape index (κ3) is 2.07. The smallest absolute Gasteiger partial charge is 0.282 e. The van der Waals surface area contributed by atoms with Gasteiger partial charge in [-0.05, 0) is 10.9 Å². The molecule has 0 aromatic heterocycles. The molecule has 0 atom stereocenters. The predicted molar refractivity (Wildman–Crippen MR) is 62.6 cm³/mol. The van der Waals surface area contributed by atoms with E-state index in [9.17, 15) is 13.0 Å². The van der Waals surface area contributed by atoms with Crippen LogP contribution in [0.15, 0.2) is 46.4 Å². The summed E-state index contributed by atoms with van der Waals surface area (Å²) in [6.45, 7) is 0.